The second kappa shape index (κ2) is 12.7. The third kappa shape index (κ3) is 7.19. The SMILES string of the molecule is CCOc1cccc2sc(N(CCCN3CCOCC3)C(=O)Cc3ccc(SC(C)C)cc3)nc12. The van der Waals surface area contributed by atoms with Crippen LogP contribution in [0.5, 0.6) is 5.75 Å². The third-order valence-corrected chi connectivity index (χ3v) is 7.87. The fraction of sp³-hybridized carbons (Fsp3) is 0.481. The second-order valence-electron chi connectivity index (χ2n) is 8.87. The van der Waals surface area contributed by atoms with Crippen LogP contribution in [0.15, 0.2) is 47.4 Å². The Kier molecular flexibility index (Phi) is 9.43. The molecule has 1 aliphatic rings. The van der Waals surface area contributed by atoms with Gasteiger partial charge in [-0.3, -0.25) is 14.6 Å². The summed E-state index contributed by atoms with van der Waals surface area (Å²) in [7, 11) is 0. The molecule has 0 spiro atoms. The average Bonchev–Trinajstić information content (AvgIpc) is 3.28. The van der Waals surface area contributed by atoms with Gasteiger partial charge in [0.2, 0.25) is 5.91 Å². The van der Waals surface area contributed by atoms with Crippen LogP contribution in [0.2, 0.25) is 0 Å². The minimum Gasteiger partial charge on any atom is -0.492 e. The first-order valence-corrected chi connectivity index (χ1v) is 14.1. The highest BCUT2D eigenvalue weighted by atomic mass is 32.2. The number of para-hydroxylation sites is 1. The number of nitrogens with zero attached hydrogens (tertiary/aromatic N) is 3. The van der Waals surface area contributed by atoms with Crippen molar-refractivity contribution in [3.8, 4) is 5.75 Å². The topological polar surface area (TPSA) is 54.9 Å². The fourth-order valence-corrected chi connectivity index (χ4v) is 6.00. The van der Waals surface area contributed by atoms with Gasteiger partial charge in [0.25, 0.3) is 0 Å². The zero-order valence-corrected chi connectivity index (χ0v) is 22.5. The van der Waals surface area contributed by atoms with E-state index in [1.54, 1.807) is 11.3 Å². The van der Waals surface area contributed by atoms with Gasteiger partial charge in [0.1, 0.15) is 11.3 Å². The van der Waals surface area contributed by atoms with E-state index in [2.05, 4.69) is 43.0 Å². The lowest BCUT2D eigenvalue weighted by molar-refractivity contribution is -0.118. The lowest BCUT2D eigenvalue weighted by Crippen LogP contribution is -2.39. The number of thioether (sulfide) groups is 1. The van der Waals surface area contributed by atoms with Gasteiger partial charge in [0, 0.05) is 36.3 Å². The first kappa shape index (κ1) is 25.9. The van der Waals surface area contributed by atoms with Crippen LogP contribution in [-0.4, -0.2) is 67.0 Å². The van der Waals surface area contributed by atoms with Crippen LogP contribution in [0.3, 0.4) is 0 Å². The Labute approximate surface area is 216 Å². The maximum Gasteiger partial charge on any atom is 0.233 e. The molecule has 1 fully saturated rings. The Morgan fingerprint density at radius 1 is 1.20 bits per heavy atom. The highest BCUT2D eigenvalue weighted by Gasteiger charge is 2.22. The summed E-state index contributed by atoms with van der Waals surface area (Å²) in [5, 5.41) is 1.27. The van der Waals surface area contributed by atoms with E-state index in [9.17, 15) is 4.79 Å². The summed E-state index contributed by atoms with van der Waals surface area (Å²) in [5.41, 5.74) is 1.85. The molecule has 2 heterocycles. The van der Waals surface area contributed by atoms with Gasteiger partial charge in [-0.1, -0.05) is 43.4 Å². The maximum atomic E-state index is 13.6. The van der Waals surface area contributed by atoms with Crippen molar-refractivity contribution < 1.29 is 14.3 Å². The minimum atomic E-state index is 0.0771. The first-order chi connectivity index (χ1) is 17.0. The summed E-state index contributed by atoms with van der Waals surface area (Å²) >= 11 is 3.39. The van der Waals surface area contributed by atoms with Gasteiger partial charge in [-0.25, -0.2) is 4.98 Å². The van der Waals surface area contributed by atoms with Crippen LogP contribution in [0.1, 0.15) is 32.8 Å². The van der Waals surface area contributed by atoms with Gasteiger partial charge in [0.15, 0.2) is 5.13 Å². The predicted octanol–water partition coefficient (Wildman–Crippen LogP) is 5.49. The van der Waals surface area contributed by atoms with E-state index in [1.165, 1.54) is 4.90 Å². The van der Waals surface area contributed by atoms with Crippen molar-refractivity contribution in [1.29, 1.82) is 0 Å². The van der Waals surface area contributed by atoms with Crippen molar-refractivity contribution in [2.24, 2.45) is 0 Å². The van der Waals surface area contributed by atoms with Crippen molar-refractivity contribution in [3.05, 3.63) is 48.0 Å². The van der Waals surface area contributed by atoms with E-state index in [4.69, 9.17) is 14.5 Å². The second-order valence-corrected chi connectivity index (χ2v) is 11.5. The number of thiazole rings is 1. The molecule has 188 valence electrons. The van der Waals surface area contributed by atoms with Crippen LogP contribution in [0.25, 0.3) is 10.2 Å². The molecule has 0 bridgehead atoms. The number of rotatable bonds is 11. The molecular weight excluding hydrogens is 478 g/mol. The van der Waals surface area contributed by atoms with Crippen molar-refractivity contribution in [2.45, 2.75) is 43.8 Å². The highest BCUT2D eigenvalue weighted by Crippen LogP contribution is 2.34. The Morgan fingerprint density at radius 2 is 1.97 bits per heavy atom. The van der Waals surface area contributed by atoms with Gasteiger partial charge in [0.05, 0.1) is 30.9 Å². The van der Waals surface area contributed by atoms with E-state index in [-0.39, 0.29) is 5.91 Å². The highest BCUT2D eigenvalue weighted by molar-refractivity contribution is 7.99. The summed E-state index contributed by atoms with van der Waals surface area (Å²) in [5.74, 6) is 0.847. The Bertz CT molecular complexity index is 1090. The standard InChI is InChI=1S/C27H35N3O3S2/c1-4-33-23-7-5-8-24-26(23)28-27(35-24)30(14-6-13-29-15-17-32-18-16-29)25(31)19-21-9-11-22(12-10-21)34-20(2)3/h5,7-12,20H,4,6,13-19H2,1-3H3. The molecule has 0 N–H and O–H groups in total. The predicted molar refractivity (Wildman–Crippen MR) is 146 cm³/mol. The summed E-state index contributed by atoms with van der Waals surface area (Å²) in [6, 6.07) is 14.3. The Balaban J connectivity index is 1.51. The zero-order valence-electron chi connectivity index (χ0n) is 20.9. The van der Waals surface area contributed by atoms with Crippen LogP contribution < -0.4 is 9.64 Å². The summed E-state index contributed by atoms with van der Waals surface area (Å²) in [4.78, 5) is 23.9. The third-order valence-electron chi connectivity index (χ3n) is 5.81. The van der Waals surface area contributed by atoms with Crippen molar-refractivity contribution in [3.63, 3.8) is 0 Å². The molecule has 1 saturated heterocycles. The number of ether oxygens (including phenoxy) is 2. The molecule has 1 aromatic heterocycles. The zero-order chi connectivity index (χ0) is 24.6. The number of fused-ring (bicyclic) bond motifs is 1. The maximum absolute atomic E-state index is 13.6. The molecule has 1 aliphatic heterocycles. The molecule has 2 aromatic carbocycles. The number of amides is 1. The van der Waals surface area contributed by atoms with Crippen LogP contribution in [0.4, 0.5) is 5.13 Å². The average molecular weight is 514 g/mol. The van der Waals surface area contributed by atoms with Gasteiger partial charge >= 0.3 is 0 Å². The van der Waals surface area contributed by atoms with Gasteiger partial charge < -0.3 is 9.47 Å². The largest absolute Gasteiger partial charge is 0.492 e. The number of benzene rings is 2. The molecule has 1 amide bonds. The van der Waals surface area contributed by atoms with Crippen LogP contribution in [0, 0.1) is 0 Å². The minimum absolute atomic E-state index is 0.0771. The van der Waals surface area contributed by atoms with Gasteiger partial charge in [-0.05, 0) is 43.2 Å². The van der Waals surface area contributed by atoms with Gasteiger partial charge in [-0.15, -0.1) is 11.8 Å². The molecule has 0 aliphatic carbocycles. The molecule has 35 heavy (non-hydrogen) atoms. The molecule has 4 rings (SSSR count). The molecule has 0 unspecified atom stereocenters. The van der Waals surface area contributed by atoms with Gasteiger partial charge in [-0.2, -0.15) is 0 Å². The number of anilines is 1. The lowest BCUT2D eigenvalue weighted by Gasteiger charge is -2.27. The Hall–Kier alpha value is -2.13. The van der Waals surface area contributed by atoms with Crippen LogP contribution >= 0.6 is 23.1 Å². The molecular formula is C27H35N3O3S2. The number of carbonyl (C=O) groups is 1. The molecule has 6 nitrogen and oxygen atoms in total. The number of hydrogen-bond acceptors (Lipinski definition) is 7. The monoisotopic (exact) mass is 513 g/mol. The number of morpholine rings is 1. The van der Waals surface area contributed by atoms with E-state index in [1.807, 2.05) is 41.8 Å². The molecule has 0 radical (unpaired) electrons. The number of aromatic nitrogens is 1. The number of hydrogen-bond donors (Lipinski definition) is 0. The molecule has 8 heteroatoms. The smallest absolute Gasteiger partial charge is 0.233 e. The lowest BCUT2D eigenvalue weighted by atomic mass is 10.1. The van der Waals surface area contributed by atoms with E-state index < -0.39 is 0 Å². The van der Waals surface area contributed by atoms with Crippen molar-refractivity contribution in [1.82, 2.24) is 9.88 Å². The molecule has 0 saturated carbocycles. The van der Waals surface area contributed by atoms with E-state index in [0.717, 1.165) is 65.9 Å². The Morgan fingerprint density at radius 3 is 2.69 bits per heavy atom. The quantitative estimate of drug-likeness (QED) is 0.316. The fourth-order valence-electron chi connectivity index (χ4n) is 4.13. The normalized spacial score (nSPS) is 14.5. The summed E-state index contributed by atoms with van der Waals surface area (Å²) in [6.07, 6.45) is 1.25. The molecule has 3 aromatic rings. The summed E-state index contributed by atoms with van der Waals surface area (Å²) in [6.45, 7) is 12.0. The number of carbonyl (C=O) groups excluding carboxylic acids is 1. The first-order valence-electron chi connectivity index (χ1n) is 12.4. The van der Waals surface area contributed by atoms with Crippen molar-refractivity contribution >= 4 is 44.4 Å². The van der Waals surface area contributed by atoms with E-state index in [0.29, 0.717) is 24.8 Å². The van der Waals surface area contributed by atoms with Crippen molar-refractivity contribution in [2.75, 3.05) is 50.9 Å². The molecule has 0 atom stereocenters. The van der Waals surface area contributed by atoms with E-state index >= 15 is 0 Å². The van der Waals surface area contributed by atoms with Crippen LogP contribution in [-0.2, 0) is 16.0 Å². The summed E-state index contributed by atoms with van der Waals surface area (Å²) < 4.78 is 12.3.